The average Bonchev–Trinajstić information content (AvgIpc) is 2.76. The summed E-state index contributed by atoms with van der Waals surface area (Å²) in [5.74, 6) is 0. The van der Waals surface area contributed by atoms with Gasteiger partial charge in [-0.05, 0) is 29.3 Å². The highest BCUT2D eigenvalue weighted by atomic mass is 16.5. The molecule has 105 valence electrons. The molecule has 20 heavy (non-hydrogen) atoms. The summed E-state index contributed by atoms with van der Waals surface area (Å²) in [7, 11) is 0. The molecule has 1 aliphatic rings. The lowest BCUT2D eigenvalue weighted by molar-refractivity contribution is -0.0709. The van der Waals surface area contributed by atoms with Crippen LogP contribution in [0.15, 0.2) is 42.5 Å². The normalized spacial score (nSPS) is 31.6. The molecule has 3 N–H and O–H groups in total. The number of ether oxygens (including phenoxy) is 1. The van der Waals surface area contributed by atoms with Crippen LogP contribution in [0.25, 0.3) is 10.8 Å². The van der Waals surface area contributed by atoms with Crippen molar-refractivity contribution in [2.24, 2.45) is 0 Å². The van der Waals surface area contributed by atoms with Gasteiger partial charge in [0.2, 0.25) is 0 Å². The Labute approximate surface area is 117 Å². The Bertz CT molecular complexity index is 625. The number of hydrogen-bond acceptors (Lipinski definition) is 4. The van der Waals surface area contributed by atoms with Crippen LogP contribution in [0.2, 0.25) is 0 Å². The van der Waals surface area contributed by atoms with Crippen LogP contribution in [-0.4, -0.2) is 33.6 Å². The standard InChI is InChI=1S/C16H17O4/c1-10(17)14-15(18)16(19,9-20-14)13-7-6-11-4-2-3-5-12(11)8-13/h2-10,14-15,17-19H,1H3/t10?,14-,15-,16-/m1/s1. The van der Waals surface area contributed by atoms with Crippen molar-refractivity contribution in [2.75, 3.05) is 0 Å². The van der Waals surface area contributed by atoms with Gasteiger partial charge in [0.25, 0.3) is 0 Å². The van der Waals surface area contributed by atoms with Gasteiger partial charge in [-0.15, -0.1) is 0 Å². The third kappa shape index (κ3) is 2.01. The van der Waals surface area contributed by atoms with Gasteiger partial charge in [-0.2, -0.15) is 0 Å². The predicted molar refractivity (Wildman–Crippen MR) is 74.7 cm³/mol. The summed E-state index contributed by atoms with van der Waals surface area (Å²) in [5.41, 5.74) is -1.06. The van der Waals surface area contributed by atoms with Crippen molar-refractivity contribution in [1.29, 1.82) is 0 Å². The van der Waals surface area contributed by atoms with Crippen molar-refractivity contribution in [1.82, 2.24) is 0 Å². The van der Waals surface area contributed by atoms with E-state index in [2.05, 4.69) is 0 Å². The van der Waals surface area contributed by atoms with Crippen LogP contribution in [-0.2, 0) is 10.3 Å². The minimum Gasteiger partial charge on any atom is -0.391 e. The molecule has 3 rings (SSSR count). The Hall–Kier alpha value is -1.46. The van der Waals surface area contributed by atoms with Crippen LogP contribution in [0.1, 0.15) is 12.5 Å². The molecule has 1 radical (unpaired) electrons. The fraction of sp³-hybridized carbons (Fsp3) is 0.312. The smallest absolute Gasteiger partial charge is 0.147 e. The van der Waals surface area contributed by atoms with Gasteiger partial charge in [0.15, 0.2) is 0 Å². The molecule has 0 spiro atoms. The molecule has 1 heterocycles. The molecule has 2 aromatic rings. The maximum absolute atomic E-state index is 10.7. The molecule has 1 saturated heterocycles. The van der Waals surface area contributed by atoms with E-state index in [0.717, 1.165) is 10.8 Å². The van der Waals surface area contributed by atoms with Gasteiger partial charge in [-0.1, -0.05) is 36.4 Å². The summed E-state index contributed by atoms with van der Waals surface area (Å²) in [4.78, 5) is 0. The topological polar surface area (TPSA) is 69.9 Å². The number of rotatable bonds is 2. The highest BCUT2D eigenvalue weighted by Crippen LogP contribution is 2.39. The van der Waals surface area contributed by atoms with E-state index in [4.69, 9.17) is 4.74 Å². The fourth-order valence-electron chi connectivity index (χ4n) is 2.63. The summed E-state index contributed by atoms with van der Waals surface area (Å²) in [6.07, 6.45) is -2.90. The van der Waals surface area contributed by atoms with E-state index < -0.39 is 23.9 Å². The van der Waals surface area contributed by atoms with Crippen molar-refractivity contribution in [2.45, 2.75) is 30.8 Å². The highest BCUT2D eigenvalue weighted by molar-refractivity contribution is 5.83. The Morgan fingerprint density at radius 1 is 1.15 bits per heavy atom. The number of aliphatic hydroxyl groups excluding tert-OH is 2. The largest absolute Gasteiger partial charge is 0.391 e. The van der Waals surface area contributed by atoms with E-state index in [0.29, 0.717) is 5.56 Å². The SMILES string of the molecule is CC(O)[C@H]1O[CH][C@@](O)(c2ccc3ccccc3c2)[C@@H]1O. The lowest BCUT2D eigenvalue weighted by Gasteiger charge is -2.27. The molecule has 4 nitrogen and oxygen atoms in total. The van der Waals surface area contributed by atoms with Crippen molar-refractivity contribution in [3.8, 4) is 0 Å². The van der Waals surface area contributed by atoms with Gasteiger partial charge in [-0.3, -0.25) is 0 Å². The Kier molecular flexibility index (Phi) is 3.26. The van der Waals surface area contributed by atoms with E-state index in [-0.39, 0.29) is 0 Å². The zero-order valence-electron chi connectivity index (χ0n) is 11.1. The van der Waals surface area contributed by atoms with E-state index in [9.17, 15) is 15.3 Å². The molecule has 1 aliphatic heterocycles. The molecule has 4 heteroatoms. The first kappa shape index (κ1) is 13.5. The number of benzene rings is 2. The third-order valence-corrected chi connectivity index (χ3v) is 3.85. The Balaban J connectivity index is 2.01. The van der Waals surface area contributed by atoms with Crippen molar-refractivity contribution in [3.05, 3.63) is 54.6 Å². The van der Waals surface area contributed by atoms with Crippen LogP contribution in [0.3, 0.4) is 0 Å². The molecule has 2 aromatic carbocycles. The first-order chi connectivity index (χ1) is 9.52. The van der Waals surface area contributed by atoms with Gasteiger partial charge in [0.05, 0.1) is 6.10 Å². The van der Waals surface area contributed by atoms with Crippen molar-refractivity contribution < 1.29 is 20.1 Å². The maximum atomic E-state index is 10.7. The van der Waals surface area contributed by atoms with Crippen molar-refractivity contribution in [3.63, 3.8) is 0 Å². The van der Waals surface area contributed by atoms with Crippen LogP contribution in [0.4, 0.5) is 0 Å². The molecule has 1 unspecified atom stereocenters. The average molecular weight is 273 g/mol. The van der Waals surface area contributed by atoms with E-state index in [1.807, 2.05) is 36.4 Å². The minimum atomic E-state index is -1.61. The van der Waals surface area contributed by atoms with Gasteiger partial charge in [0.1, 0.15) is 24.4 Å². The molecule has 0 aliphatic carbocycles. The van der Waals surface area contributed by atoms with Gasteiger partial charge < -0.3 is 20.1 Å². The molecular formula is C16H17O4. The predicted octanol–water partition coefficient (Wildman–Crippen LogP) is 1.33. The summed E-state index contributed by atoms with van der Waals surface area (Å²) in [5, 5.41) is 32.5. The molecule has 1 fully saturated rings. The second-order valence-corrected chi connectivity index (χ2v) is 5.29. The molecule has 0 saturated carbocycles. The van der Waals surface area contributed by atoms with Crippen LogP contribution in [0, 0.1) is 6.61 Å². The summed E-state index contributed by atoms with van der Waals surface area (Å²) in [6, 6.07) is 13.3. The molecule has 4 atom stereocenters. The van der Waals surface area contributed by atoms with Gasteiger partial charge >= 0.3 is 0 Å². The molecule has 0 bridgehead atoms. The van der Waals surface area contributed by atoms with E-state index >= 15 is 0 Å². The minimum absolute atomic E-state index is 0.548. The van der Waals surface area contributed by atoms with Crippen molar-refractivity contribution >= 4 is 10.8 Å². The highest BCUT2D eigenvalue weighted by Gasteiger charge is 2.51. The van der Waals surface area contributed by atoms with Gasteiger partial charge in [-0.25, -0.2) is 0 Å². The molecule has 0 amide bonds. The lowest BCUT2D eigenvalue weighted by Crippen LogP contribution is -2.43. The molecular weight excluding hydrogens is 256 g/mol. The Morgan fingerprint density at radius 2 is 1.85 bits per heavy atom. The third-order valence-electron chi connectivity index (χ3n) is 3.85. The zero-order chi connectivity index (χ0) is 14.3. The van der Waals surface area contributed by atoms with Gasteiger partial charge in [0, 0.05) is 0 Å². The number of fused-ring (bicyclic) bond motifs is 1. The second-order valence-electron chi connectivity index (χ2n) is 5.29. The monoisotopic (exact) mass is 273 g/mol. The lowest BCUT2D eigenvalue weighted by atomic mass is 9.86. The summed E-state index contributed by atoms with van der Waals surface area (Å²) < 4.78 is 5.23. The van der Waals surface area contributed by atoms with E-state index in [1.165, 1.54) is 13.5 Å². The van der Waals surface area contributed by atoms with Crippen LogP contribution < -0.4 is 0 Å². The van der Waals surface area contributed by atoms with Crippen LogP contribution in [0.5, 0.6) is 0 Å². The first-order valence-corrected chi connectivity index (χ1v) is 6.60. The zero-order valence-corrected chi connectivity index (χ0v) is 11.1. The first-order valence-electron chi connectivity index (χ1n) is 6.60. The maximum Gasteiger partial charge on any atom is 0.147 e. The number of hydrogen-bond donors (Lipinski definition) is 3. The summed E-state index contributed by atoms with van der Waals surface area (Å²) in [6.45, 7) is 2.73. The number of aliphatic hydroxyl groups is 3. The van der Waals surface area contributed by atoms with E-state index in [1.54, 1.807) is 6.07 Å². The quantitative estimate of drug-likeness (QED) is 0.772. The van der Waals surface area contributed by atoms with Crippen LogP contribution >= 0.6 is 0 Å². The summed E-state index contributed by atoms with van der Waals surface area (Å²) >= 11 is 0. The Morgan fingerprint density at radius 3 is 2.50 bits per heavy atom. The second kappa shape index (κ2) is 4.82. The fourth-order valence-corrected chi connectivity index (χ4v) is 2.63. The molecule has 0 aromatic heterocycles.